The molecule has 0 radical (unpaired) electrons. The molecule has 1 saturated heterocycles. The Hall–Kier alpha value is -2.29. The van der Waals surface area contributed by atoms with E-state index < -0.39 is 15.6 Å². The molecule has 1 atom stereocenters. The molecule has 1 amide bonds. The molecule has 2 heterocycles. The fourth-order valence-electron chi connectivity index (χ4n) is 3.43. The summed E-state index contributed by atoms with van der Waals surface area (Å²) in [5.74, 6) is 0.442. The molecule has 1 fully saturated rings. The highest BCUT2D eigenvalue weighted by Gasteiger charge is 2.29. The summed E-state index contributed by atoms with van der Waals surface area (Å²) in [5, 5.41) is 0. The second-order valence-corrected chi connectivity index (χ2v) is 9.87. The smallest absolute Gasteiger partial charge is 0.410 e. The highest BCUT2D eigenvalue weighted by molar-refractivity contribution is 7.89. The van der Waals surface area contributed by atoms with E-state index in [9.17, 15) is 13.2 Å². The molecule has 3 rings (SSSR count). The van der Waals surface area contributed by atoms with Gasteiger partial charge in [-0.25, -0.2) is 13.2 Å². The molecule has 9 heteroatoms. The number of piperidine rings is 1. The highest BCUT2D eigenvalue weighted by atomic mass is 32.2. The lowest BCUT2D eigenvalue weighted by molar-refractivity contribution is 0.0139. The first kappa shape index (κ1) is 20.4. The number of nitrogens with zero attached hydrogens (tertiary/aromatic N) is 2. The van der Waals surface area contributed by atoms with Gasteiger partial charge in [0.2, 0.25) is 0 Å². The summed E-state index contributed by atoms with van der Waals surface area (Å²) < 4.78 is 38.6. The van der Waals surface area contributed by atoms with Crippen molar-refractivity contribution < 1.29 is 22.7 Å². The summed E-state index contributed by atoms with van der Waals surface area (Å²) in [6.45, 7) is 7.17. The van der Waals surface area contributed by atoms with E-state index in [1.54, 1.807) is 23.1 Å². The minimum atomic E-state index is -3.58. The Balaban J connectivity index is 1.66. The monoisotopic (exact) mass is 409 g/mol. The van der Waals surface area contributed by atoms with E-state index in [0.717, 1.165) is 12.8 Å². The van der Waals surface area contributed by atoms with Gasteiger partial charge >= 0.3 is 6.09 Å². The van der Waals surface area contributed by atoms with Crippen molar-refractivity contribution in [2.45, 2.75) is 45.0 Å². The van der Waals surface area contributed by atoms with Crippen LogP contribution >= 0.6 is 0 Å². The van der Waals surface area contributed by atoms with Crippen LogP contribution in [-0.4, -0.2) is 50.5 Å². The van der Waals surface area contributed by atoms with Crippen LogP contribution in [-0.2, 0) is 20.5 Å². The standard InChI is InChI=1S/C19H27N3O5S/c1-19(2,3)27-18(23)22-9-5-6-13(10-22)11-26-15-8-4-7-14-12-28(24,25)21-17(20)16(14)15/h4,7-8,13H,5-6,9-12H2,1-3H3,(H2,20,21)/t13-/m0/s1. The van der Waals surface area contributed by atoms with Crippen molar-refractivity contribution in [3.8, 4) is 5.75 Å². The maximum absolute atomic E-state index is 12.3. The summed E-state index contributed by atoms with van der Waals surface area (Å²) in [7, 11) is -3.58. The fourth-order valence-corrected chi connectivity index (χ4v) is 4.52. The van der Waals surface area contributed by atoms with Gasteiger partial charge in [0.25, 0.3) is 10.0 Å². The van der Waals surface area contributed by atoms with Gasteiger partial charge in [0, 0.05) is 19.0 Å². The summed E-state index contributed by atoms with van der Waals surface area (Å²) in [6, 6.07) is 5.22. The van der Waals surface area contributed by atoms with Crippen LogP contribution in [0.5, 0.6) is 5.75 Å². The quantitative estimate of drug-likeness (QED) is 0.820. The summed E-state index contributed by atoms with van der Waals surface area (Å²) >= 11 is 0. The molecule has 2 aliphatic heterocycles. The number of nitrogens with two attached hydrogens (primary N) is 1. The van der Waals surface area contributed by atoms with E-state index in [4.69, 9.17) is 15.2 Å². The van der Waals surface area contributed by atoms with Crippen LogP contribution in [0.3, 0.4) is 0 Å². The Morgan fingerprint density at radius 2 is 2.11 bits per heavy atom. The maximum atomic E-state index is 12.3. The average Bonchev–Trinajstić information content (AvgIpc) is 2.57. The van der Waals surface area contributed by atoms with Crippen molar-refractivity contribution in [2.75, 3.05) is 19.7 Å². The van der Waals surface area contributed by atoms with Crippen molar-refractivity contribution >= 4 is 22.0 Å². The van der Waals surface area contributed by atoms with Crippen molar-refractivity contribution in [3.05, 3.63) is 29.3 Å². The molecule has 0 spiro atoms. The van der Waals surface area contributed by atoms with E-state index in [2.05, 4.69) is 4.40 Å². The number of rotatable bonds is 3. The van der Waals surface area contributed by atoms with Crippen molar-refractivity contribution in [2.24, 2.45) is 16.0 Å². The number of hydrogen-bond donors (Lipinski definition) is 1. The van der Waals surface area contributed by atoms with Gasteiger partial charge in [0.1, 0.15) is 17.2 Å². The first-order valence-electron chi connectivity index (χ1n) is 9.35. The molecule has 1 aromatic carbocycles. The lowest BCUT2D eigenvalue weighted by Crippen LogP contribution is -2.44. The first-order chi connectivity index (χ1) is 13.0. The molecule has 2 aliphatic rings. The lowest BCUT2D eigenvalue weighted by Gasteiger charge is -2.34. The van der Waals surface area contributed by atoms with Crippen molar-refractivity contribution in [3.63, 3.8) is 0 Å². The fraction of sp³-hybridized carbons (Fsp3) is 0.579. The summed E-state index contributed by atoms with van der Waals surface area (Å²) in [5.41, 5.74) is 6.47. The number of hydrogen-bond acceptors (Lipinski definition) is 6. The molecule has 2 N–H and O–H groups in total. The average molecular weight is 410 g/mol. The largest absolute Gasteiger partial charge is 0.492 e. The second kappa shape index (κ2) is 7.62. The number of carbonyl (C=O) groups excluding carboxylic acids is 1. The van der Waals surface area contributed by atoms with E-state index in [1.807, 2.05) is 20.8 Å². The van der Waals surface area contributed by atoms with Gasteiger partial charge in [-0.3, -0.25) is 0 Å². The van der Waals surface area contributed by atoms with E-state index in [1.165, 1.54) is 0 Å². The molecule has 28 heavy (non-hydrogen) atoms. The van der Waals surface area contributed by atoms with Crippen LogP contribution in [0.25, 0.3) is 0 Å². The van der Waals surface area contributed by atoms with Gasteiger partial charge in [-0.05, 0) is 45.2 Å². The predicted molar refractivity (Wildman–Crippen MR) is 106 cm³/mol. The van der Waals surface area contributed by atoms with Gasteiger partial charge in [0.15, 0.2) is 0 Å². The van der Waals surface area contributed by atoms with Crippen molar-refractivity contribution in [1.82, 2.24) is 4.90 Å². The van der Waals surface area contributed by atoms with Crippen LogP contribution in [0.4, 0.5) is 4.79 Å². The third-order valence-corrected chi connectivity index (χ3v) is 5.74. The minimum absolute atomic E-state index is 0.0455. The summed E-state index contributed by atoms with van der Waals surface area (Å²) in [4.78, 5) is 14.0. The molecule has 154 valence electrons. The number of benzene rings is 1. The van der Waals surface area contributed by atoms with E-state index in [-0.39, 0.29) is 23.6 Å². The zero-order chi connectivity index (χ0) is 20.5. The molecule has 8 nitrogen and oxygen atoms in total. The van der Waals surface area contributed by atoms with Gasteiger partial charge in [0.05, 0.1) is 17.9 Å². The van der Waals surface area contributed by atoms with Crippen LogP contribution in [0.1, 0.15) is 44.7 Å². The second-order valence-electron chi connectivity index (χ2n) is 8.24. The molecule has 0 bridgehead atoms. The number of carbonyl (C=O) groups is 1. The number of ether oxygens (including phenoxy) is 2. The van der Waals surface area contributed by atoms with Crippen LogP contribution in [0, 0.1) is 5.92 Å². The van der Waals surface area contributed by atoms with Gasteiger partial charge in [-0.1, -0.05) is 12.1 Å². The SMILES string of the molecule is CC(C)(C)OC(=O)N1CCC[C@H](COc2cccc3c2C(N)=NS(=O)(=O)C3)C1. The third-order valence-electron chi connectivity index (χ3n) is 4.59. The van der Waals surface area contributed by atoms with Crippen molar-refractivity contribution in [1.29, 1.82) is 0 Å². The lowest BCUT2D eigenvalue weighted by atomic mass is 9.99. The Kier molecular flexibility index (Phi) is 5.56. The predicted octanol–water partition coefficient (Wildman–Crippen LogP) is 2.26. The Labute approximate surface area is 165 Å². The number of amides is 1. The highest BCUT2D eigenvalue weighted by Crippen LogP contribution is 2.29. The molecule has 0 saturated carbocycles. The zero-order valence-electron chi connectivity index (χ0n) is 16.5. The Morgan fingerprint density at radius 3 is 2.82 bits per heavy atom. The molecular weight excluding hydrogens is 382 g/mol. The van der Waals surface area contributed by atoms with E-state index in [0.29, 0.717) is 36.6 Å². The van der Waals surface area contributed by atoms with Crippen LogP contribution in [0.2, 0.25) is 0 Å². The number of likely N-dealkylation sites (tertiary alicyclic amines) is 1. The molecule has 0 unspecified atom stereocenters. The molecule has 0 aromatic heterocycles. The number of sulfonamides is 1. The topological polar surface area (TPSA) is 111 Å². The third kappa shape index (κ3) is 4.95. The summed E-state index contributed by atoms with van der Waals surface area (Å²) in [6.07, 6.45) is 1.50. The Bertz CT molecular complexity index is 889. The van der Waals surface area contributed by atoms with Crippen LogP contribution < -0.4 is 10.5 Å². The van der Waals surface area contributed by atoms with Crippen LogP contribution in [0.15, 0.2) is 22.6 Å². The van der Waals surface area contributed by atoms with Gasteiger partial charge in [-0.15, -0.1) is 4.40 Å². The molecule has 0 aliphatic carbocycles. The number of amidine groups is 1. The van der Waals surface area contributed by atoms with Gasteiger partial charge in [-0.2, -0.15) is 0 Å². The van der Waals surface area contributed by atoms with Gasteiger partial charge < -0.3 is 20.1 Å². The molecule has 1 aromatic rings. The maximum Gasteiger partial charge on any atom is 0.410 e. The molecular formula is C19H27N3O5S. The first-order valence-corrected chi connectivity index (χ1v) is 11.0. The minimum Gasteiger partial charge on any atom is -0.492 e. The zero-order valence-corrected chi connectivity index (χ0v) is 17.3. The normalized spacial score (nSPS) is 21.5. The van der Waals surface area contributed by atoms with E-state index >= 15 is 0 Å². The Morgan fingerprint density at radius 1 is 1.36 bits per heavy atom. The number of fused-ring (bicyclic) bond motifs is 1.